The third kappa shape index (κ3) is 3.41. The predicted octanol–water partition coefficient (Wildman–Crippen LogP) is 1.89. The van der Waals surface area contributed by atoms with E-state index in [1.807, 2.05) is 47.3 Å². The molecule has 0 atom stereocenters. The fraction of sp³-hybridized carbons (Fsp3) is 0.188. The highest BCUT2D eigenvalue weighted by atomic mass is 16.1. The molecule has 0 aliphatic heterocycles. The van der Waals surface area contributed by atoms with Crippen LogP contribution in [-0.4, -0.2) is 32.0 Å². The van der Waals surface area contributed by atoms with Gasteiger partial charge in [-0.25, -0.2) is 4.68 Å². The van der Waals surface area contributed by atoms with Gasteiger partial charge in [-0.3, -0.25) is 9.48 Å². The summed E-state index contributed by atoms with van der Waals surface area (Å²) < 4.78 is 3.54. The minimum Gasteiger partial charge on any atom is -0.351 e. The molecule has 0 aliphatic carbocycles. The van der Waals surface area contributed by atoms with Gasteiger partial charge in [-0.05, 0) is 30.7 Å². The van der Waals surface area contributed by atoms with E-state index in [0.717, 1.165) is 18.7 Å². The SMILES string of the molecule is O=C(NCCCn1cccn1)c1ccn(-c2ccccc2)n1. The molecule has 6 nitrogen and oxygen atoms in total. The molecular formula is C16H17N5O. The number of aryl methyl sites for hydroxylation is 1. The number of hydrogen-bond acceptors (Lipinski definition) is 3. The average Bonchev–Trinajstić information content (AvgIpc) is 3.24. The zero-order valence-corrected chi connectivity index (χ0v) is 12.1. The molecule has 0 aliphatic rings. The Kier molecular flexibility index (Phi) is 4.29. The van der Waals surface area contributed by atoms with Gasteiger partial charge >= 0.3 is 0 Å². The minimum atomic E-state index is -0.157. The van der Waals surface area contributed by atoms with Crippen molar-refractivity contribution in [3.63, 3.8) is 0 Å². The molecule has 0 saturated carbocycles. The Morgan fingerprint density at radius 3 is 2.73 bits per heavy atom. The molecule has 112 valence electrons. The van der Waals surface area contributed by atoms with E-state index in [0.29, 0.717) is 12.2 Å². The van der Waals surface area contributed by atoms with Crippen molar-refractivity contribution in [2.24, 2.45) is 0 Å². The lowest BCUT2D eigenvalue weighted by Crippen LogP contribution is -2.25. The van der Waals surface area contributed by atoms with Gasteiger partial charge in [0.15, 0.2) is 5.69 Å². The van der Waals surface area contributed by atoms with Gasteiger partial charge in [0.25, 0.3) is 5.91 Å². The van der Waals surface area contributed by atoms with Gasteiger partial charge in [-0.1, -0.05) is 18.2 Å². The van der Waals surface area contributed by atoms with Crippen molar-refractivity contribution in [2.45, 2.75) is 13.0 Å². The highest BCUT2D eigenvalue weighted by molar-refractivity contribution is 5.92. The van der Waals surface area contributed by atoms with E-state index >= 15 is 0 Å². The predicted molar refractivity (Wildman–Crippen MR) is 82.7 cm³/mol. The molecular weight excluding hydrogens is 278 g/mol. The molecule has 22 heavy (non-hydrogen) atoms. The Morgan fingerprint density at radius 1 is 1.09 bits per heavy atom. The van der Waals surface area contributed by atoms with E-state index in [9.17, 15) is 4.79 Å². The summed E-state index contributed by atoms with van der Waals surface area (Å²) in [6.07, 6.45) is 6.26. The quantitative estimate of drug-likeness (QED) is 0.706. The Hall–Kier alpha value is -2.89. The second kappa shape index (κ2) is 6.71. The summed E-state index contributed by atoms with van der Waals surface area (Å²) >= 11 is 0. The molecule has 0 unspecified atom stereocenters. The number of benzene rings is 1. The van der Waals surface area contributed by atoms with Crippen LogP contribution in [0.15, 0.2) is 61.1 Å². The molecule has 0 fully saturated rings. The number of hydrogen-bond donors (Lipinski definition) is 1. The van der Waals surface area contributed by atoms with E-state index in [-0.39, 0.29) is 5.91 Å². The lowest BCUT2D eigenvalue weighted by Gasteiger charge is -2.04. The zero-order chi connectivity index (χ0) is 15.2. The molecule has 0 saturated heterocycles. The molecule has 6 heteroatoms. The minimum absolute atomic E-state index is 0.157. The lowest BCUT2D eigenvalue weighted by atomic mass is 10.3. The first-order chi connectivity index (χ1) is 10.8. The molecule has 1 amide bonds. The van der Waals surface area contributed by atoms with Gasteiger partial charge in [0.1, 0.15) is 0 Å². The summed E-state index contributed by atoms with van der Waals surface area (Å²) in [6, 6.07) is 13.3. The van der Waals surface area contributed by atoms with Gasteiger partial charge in [0.2, 0.25) is 0 Å². The number of nitrogens with zero attached hydrogens (tertiary/aromatic N) is 4. The molecule has 0 bridgehead atoms. The van der Waals surface area contributed by atoms with Gasteiger partial charge in [0.05, 0.1) is 5.69 Å². The third-order valence-electron chi connectivity index (χ3n) is 3.25. The molecule has 0 radical (unpaired) electrons. The van der Waals surface area contributed by atoms with E-state index in [4.69, 9.17) is 0 Å². The molecule has 0 spiro atoms. The van der Waals surface area contributed by atoms with Crippen LogP contribution in [-0.2, 0) is 6.54 Å². The summed E-state index contributed by atoms with van der Waals surface area (Å²) in [5.41, 5.74) is 1.35. The van der Waals surface area contributed by atoms with Gasteiger partial charge in [0, 0.05) is 31.7 Å². The monoisotopic (exact) mass is 295 g/mol. The van der Waals surface area contributed by atoms with Crippen molar-refractivity contribution in [1.29, 1.82) is 0 Å². The average molecular weight is 295 g/mol. The van der Waals surface area contributed by atoms with Crippen LogP contribution in [0.1, 0.15) is 16.9 Å². The molecule has 2 aromatic heterocycles. The number of rotatable bonds is 6. The van der Waals surface area contributed by atoms with Crippen LogP contribution >= 0.6 is 0 Å². The van der Waals surface area contributed by atoms with Crippen molar-refractivity contribution < 1.29 is 4.79 Å². The first-order valence-electron chi connectivity index (χ1n) is 7.20. The third-order valence-corrected chi connectivity index (χ3v) is 3.25. The second-order valence-electron chi connectivity index (χ2n) is 4.86. The zero-order valence-electron chi connectivity index (χ0n) is 12.1. The van der Waals surface area contributed by atoms with Crippen molar-refractivity contribution in [3.05, 3.63) is 66.7 Å². The Morgan fingerprint density at radius 2 is 1.95 bits per heavy atom. The van der Waals surface area contributed by atoms with Crippen molar-refractivity contribution >= 4 is 5.91 Å². The summed E-state index contributed by atoms with van der Waals surface area (Å²) in [7, 11) is 0. The number of nitrogens with one attached hydrogen (secondary N) is 1. The second-order valence-corrected chi connectivity index (χ2v) is 4.86. The molecule has 1 aromatic carbocycles. The van der Waals surface area contributed by atoms with Gasteiger partial charge in [-0.2, -0.15) is 10.2 Å². The normalized spacial score (nSPS) is 10.5. The van der Waals surface area contributed by atoms with Crippen LogP contribution < -0.4 is 5.32 Å². The van der Waals surface area contributed by atoms with Crippen molar-refractivity contribution in [1.82, 2.24) is 24.9 Å². The largest absolute Gasteiger partial charge is 0.351 e. The number of amides is 1. The van der Waals surface area contributed by atoms with E-state index in [1.54, 1.807) is 23.1 Å². The fourth-order valence-corrected chi connectivity index (χ4v) is 2.14. The maximum Gasteiger partial charge on any atom is 0.271 e. The first kappa shape index (κ1) is 14.1. The number of para-hydroxylation sites is 1. The Labute approximate surface area is 128 Å². The maximum atomic E-state index is 12.0. The fourth-order valence-electron chi connectivity index (χ4n) is 2.14. The van der Waals surface area contributed by atoms with Crippen LogP contribution in [0.2, 0.25) is 0 Å². The summed E-state index contributed by atoms with van der Waals surface area (Å²) in [4.78, 5) is 12.0. The smallest absolute Gasteiger partial charge is 0.271 e. The highest BCUT2D eigenvalue weighted by Gasteiger charge is 2.09. The molecule has 2 heterocycles. The Balaban J connectivity index is 1.51. The molecule has 3 aromatic rings. The molecule has 3 rings (SSSR count). The Bertz CT molecular complexity index is 718. The van der Waals surface area contributed by atoms with Crippen LogP contribution in [0, 0.1) is 0 Å². The summed E-state index contributed by atoms with van der Waals surface area (Å²) in [6.45, 7) is 1.38. The highest BCUT2D eigenvalue weighted by Crippen LogP contribution is 2.06. The lowest BCUT2D eigenvalue weighted by molar-refractivity contribution is 0.0947. The number of carbonyl (C=O) groups excluding carboxylic acids is 1. The summed E-state index contributed by atoms with van der Waals surface area (Å²) in [5, 5.41) is 11.3. The topological polar surface area (TPSA) is 64.7 Å². The van der Waals surface area contributed by atoms with Gasteiger partial charge in [-0.15, -0.1) is 0 Å². The van der Waals surface area contributed by atoms with E-state index in [2.05, 4.69) is 15.5 Å². The van der Waals surface area contributed by atoms with E-state index in [1.165, 1.54) is 0 Å². The summed E-state index contributed by atoms with van der Waals surface area (Å²) in [5.74, 6) is -0.157. The number of carbonyl (C=O) groups is 1. The maximum absolute atomic E-state index is 12.0. The van der Waals surface area contributed by atoms with Crippen molar-refractivity contribution in [2.75, 3.05) is 6.54 Å². The van der Waals surface area contributed by atoms with Gasteiger partial charge < -0.3 is 5.32 Å². The van der Waals surface area contributed by atoms with Crippen LogP contribution in [0.5, 0.6) is 0 Å². The van der Waals surface area contributed by atoms with Crippen LogP contribution in [0.3, 0.4) is 0 Å². The molecule has 1 N–H and O–H groups in total. The van der Waals surface area contributed by atoms with E-state index < -0.39 is 0 Å². The standard InChI is InChI=1S/C16H17N5O/c22-16(17-9-4-11-20-12-5-10-18-20)15-8-13-21(19-15)14-6-2-1-3-7-14/h1-3,5-8,10,12-13H,4,9,11H2,(H,17,22). The van der Waals surface area contributed by atoms with Crippen molar-refractivity contribution in [3.8, 4) is 5.69 Å². The van der Waals surface area contributed by atoms with Crippen LogP contribution in [0.4, 0.5) is 0 Å². The first-order valence-corrected chi connectivity index (χ1v) is 7.20. The van der Waals surface area contributed by atoms with Crippen LogP contribution in [0.25, 0.3) is 5.69 Å². The number of aromatic nitrogens is 4.